The zero-order valence-electron chi connectivity index (χ0n) is 13.4. The van der Waals surface area contributed by atoms with Crippen molar-refractivity contribution in [2.75, 3.05) is 25.4 Å². The summed E-state index contributed by atoms with van der Waals surface area (Å²) in [6, 6.07) is 7.89. The first kappa shape index (κ1) is 15.8. The molecular formula is C17H27N3O. The van der Waals surface area contributed by atoms with Crippen LogP contribution in [0.5, 0.6) is 0 Å². The number of nitrogen functional groups attached to an aromatic ring is 1. The average molecular weight is 289 g/mol. The fourth-order valence-corrected chi connectivity index (χ4v) is 2.85. The van der Waals surface area contributed by atoms with Crippen LogP contribution in [0, 0.1) is 0 Å². The van der Waals surface area contributed by atoms with Gasteiger partial charge in [-0.3, -0.25) is 4.79 Å². The molecule has 0 heterocycles. The van der Waals surface area contributed by atoms with Gasteiger partial charge in [-0.15, -0.1) is 0 Å². The van der Waals surface area contributed by atoms with Crippen molar-refractivity contribution in [1.29, 1.82) is 0 Å². The lowest BCUT2D eigenvalue weighted by Gasteiger charge is -2.25. The van der Waals surface area contributed by atoms with E-state index < -0.39 is 0 Å². The van der Waals surface area contributed by atoms with Crippen molar-refractivity contribution >= 4 is 11.6 Å². The highest BCUT2D eigenvalue weighted by molar-refractivity contribution is 5.91. The Bertz CT molecular complexity index is 475. The van der Waals surface area contributed by atoms with Crippen LogP contribution in [0.25, 0.3) is 0 Å². The molecule has 21 heavy (non-hydrogen) atoms. The van der Waals surface area contributed by atoms with Crippen LogP contribution in [0.15, 0.2) is 24.3 Å². The first-order valence-electron chi connectivity index (χ1n) is 7.91. The van der Waals surface area contributed by atoms with Gasteiger partial charge in [0.1, 0.15) is 0 Å². The molecule has 0 radical (unpaired) electrons. The van der Waals surface area contributed by atoms with E-state index in [0.717, 1.165) is 43.7 Å². The van der Waals surface area contributed by atoms with Gasteiger partial charge in [0.25, 0.3) is 0 Å². The van der Waals surface area contributed by atoms with Gasteiger partial charge in [-0.05, 0) is 50.6 Å². The molecule has 3 N–H and O–H groups in total. The van der Waals surface area contributed by atoms with Gasteiger partial charge in [0.05, 0.1) is 5.41 Å². The summed E-state index contributed by atoms with van der Waals surface area (Å²) < 4.78 is 0. The molecule has 2 rings (SSSR count). The number of hydrogen-bond acceptors (Lipinski definition) is 3. The van der Waals surface area contributed by atoms with Gasteiger partial charge in [-0.1, -0.05) is 26.0 Å². The molecule has 0 saturated heterocycles. The number of nitrogens with zero attached hydrogens (tertiary/aromatic N) is 1. The SMILES string of the molecule is CCN(CC)CC(C)NC(=O)C1(c2ccc(N)cc2)CC1. The summed E-state index contributed by atoms with van der Waals surface area (Å²) in [4.78, 5) is 14.9. The van der Waals surface area contributed by atoms with Crippen LogP contribution in [0.4, 0.5) is 5.69 Å². The largest absolute Gasteiger partial charge is 0.399 e. The van der Waals surface area contributed by atoms with E-state index in [1.165, 1.54) is 0 Å². The fourth-order valence-electron chi connectivity index (χ4n) is 2.85. The van der Waals surface area contributed by atoms with Crippen LogP contribution in [0.1, 0.15) is 39.2 Å². The predicted molar refractivity (Wildman–Crippen MR) is 87.2 cm³/mol. The number of carbonyl (C=O) groups excluding carboxylic acids is 1. The molecule has 0 spiro atoms. The minimum absolute atomic E-state index is 0.159. The van der Waals surface area contributed by atoms with Crippen LogP contribution < -0.4 is 11.1 Å². The van der Waals surface area contributed by atoms with Gasteiger partial charge in [-0.2, -0.15) is 0 Å². The van der Waals surface area contributed by atoms with Crippen LogP contribution in [0.3, 0.4) is 0 Å². The highest BCUT2D eigenvalue weighted by atomic mass is 16.2. The Hall–Kier alpha value is -1.55. The molecule has 0 aromatic heterocycles. The summed E-state index contributed by atoms with van der Waals surface area (Å²) in [7, 11) is 0. The second-order valence-electron chi connectivity index (χ2n) is 6.06. The van der Waals surface area contributed by atoms with E-state index in [1.807, 2.05) is 24.3 Å². The van der Waals surface area contributed by atoms with Crippen LogP contribution in [-0.2, 0) is 10.2 Å². The van der Waals surface area contributed by atoms with Gasteiger partial charge >= 0.3 is 0 Å². The number of nitrogens with two attached hydrogens (primary N) is 1. The molecule has 4 nitrogen and oxygen atoms in total. The van der Waals surface area contributed by atoms with Crippen molar-refractivity contribution < 1.29 is 4.79 Å². The van der Waals surface area contributed by atoms with Crippen LogP contribution in [-0.4, -0.2) is 36.5 Å². The molecule has 1 aliphatic carbocycles. The third-order valence-corrected chi connectivity index (χ3v) is 4.45. The van der Waals surface area contributed by atoms with Crippen molar-refractivity contribution in [3.63, 3.8) is 0 Å². The number of amides is 1. The molecule has 1 atom stereocenters. The quantitative estimate of drug-likeness (QED) is 0.756. The van der Waals surface area contributed by atoms with E-state index in [-0.39, 0.29) is 17.4 Å². The summed E-state index contributed by atoms with van der Waals surface area (Å²) in [6.07, 6.45) is 1.86. The summed E-state index contributed by atoms with van der Waals surface area (Å²) in [5, 5.41) is 3.18. The third-order valence-electron chi connectivity index (χ3n) is 4.45. The zero-order valence-corrected chi connectivity index (χ0v) is 13.4. The Morgan fingerprint density at radius 1 is 1.29 bits per heavy atom. The maximum atomic E-state index is 12.6. The minimum Gasteiger partial charge on any atom is -0.399 e. The number of benzene rings is 1. The van der Waals surface area contributed by atoms with E-state index >= 15 is 0 Å². The topological polar surface area (TPSA) is 58.4 Å². The molecule has 4 heteroatoms. The lowest BCUT2D eigenvalue weighted by Crippen LogP contribution is -2.45. The fraction of sp³-hybridized carbons (Fsp3) is 0.588. The summed E-state index contributed by atoms with van der Waals surface area (Å²) in [5.41, 5.74) is 7.24. The number of rotatable bonds is 7. The van der Waals surface area contributed by atoms with Crippen LogP contribution in [0.2, 0.25) is 0 Å². The van der Waals surface area contributed by atoms with Crippen molar-refractivity contribution in [1.82, 2.24) is 10.2 Å². The van der Waals surface area contributed by atoms with Gasteiger partial charge in [0, 0.05) is 18.3 Å². The Morgan fingerprint density at radius 3 is 2.33 bits per heavy atom. The molecule has 116 valence electrons. The van der Waals surface area contributed by atoms with Gasteiger partial charge in [-0.25, -0.2) is 0 Å². The minimum atomic E-state index is -0.314. The molecule has 0 bridgehead atoms. The lowest BCUT2D eigenvalue weighted by molar-refractivity contribution is -0.124. The number of likely N-dealkylation sites (N-methyl/N-ethyl adjacent to an activating group) is 1. The molecule has 1 fully saturated rings. The van der Waals surface area contributed by atoms with Crippen molar-refractivity contribution in [2.45, 2.75) is 45.1 Å². The molecule has 1 amide bonds. The van der Waals surface area contributed by atoms with E-state index in [0.29, 0.717) is 0 Å². The Morgan fingerprint density at radius 2 is 1.86 bits per heavy atom. The molecule has 1 saturated carbocycles. The molecular weight excluding hydrogens is 262 g/mol. The highest BCUT2D eigenvalue weighted by Gasteiger charge is 2.51. The normalized spacial score (nSPS) is 17.5. The number of anilines is 1. The molecule has 1 aromatic carbocycles. The maximum Gasteiger partial charge on any atom is 0.230 e. The van der Waals surface area contributed by atoms with Gasteiger partial charge < -0.3 is 16.0 Å². The number of nitrogens with one attached hydrogen (secondary N) is 1. The second-order valence-corrected chi connectivity index (χ2v) is 6.06. The molecule has 1 aromatic rings. The van der Waals surface area contributed by atoms with E-state index in [9.17, 15) is 4.79 Å². The van der Waals surface area contributed by atoms with Crippen molar-refractivity contribution in [3.05, 3.63) is 29.8 Å². The predicted octanol–water partition coefficient (Wildman–Crippen LogP) is 2.15. The Balaban J connectivity index is 1.98. The maximum absolute atomic E-state index is 12.6. The van der Waals surface area contributed by atoms with E-state index in [2.05, 4.69) is 31.0 Å². The molecule has 0 aliphatic heterocycles. The first-order valence-corrected chi connectivity index (χ1v) is 7.91. The molecule has 1 unspecified atom stereocenters. The molecule has 1 aliphatic rings. The Labute approximate surface area is 127 Å². The average Bonchev–Trinajstić information content (AvgIpc) is 3.27. The zero-order chi connectivity index (χ0) is 15.5. The van der Waals surface area contributed by atoms with Gasteiger partial charge in [0.2, 0.25) is 5.91 Å². The monoisotopic (exact) mass is 289 g/mol. The van der Waals surface area contributed by atoms with E-state index in [1.54, 1.807) is 0 Å². The Kier molecular flexibility index (Phi) is 4.88. The summed E-state index contributed by atoms with van der Waals surface area (Å²) >= 11 is 0. The highest BCUT2D eigenvalue weighted by Crippen LogP contribution is 2.48. The third kappa shape index (κ3) is 3.56. The standard InChI is InChI=1S/C17H27N3O/c1-4-20(5-2)12-13(3)19-16(21)17(10-11-17)14-6-8-15(18)9-7-14/h6-9,13H,4-5,10-12,18H2,1-3H3,(H,19,21). The second kappa shape index (κ2) is 6.48. The summed E-state index contributed by atoms with van der Waals surface area (Å²) in [5.74, 6) is 0.159. The van der Waals surface area contributed by atoms with Gasteiger partial charge in [0.15, 0.2) is 0 Å². The van der Waals surface area contributed by atoms with Crippen LogP contribution >= 0.6 is 0 Å². The van der Waals surface area contributed by atoms with Crippen molar-refractivity contribution in [2.24, 2.45) is 0 Å². The lowest BCUT2D eigenvalue weighted by atomic mass is 9.94. The van der Waals surface area contributed by atoms with E-state index in [4.69, 9.17) is 5.73 Å². The summed E-state index contributed by atoms with van der Waals surface area (Å²) in [6.45, 7) is 9.30. The number of carbonyl (C=O) groups is 1. The first-order chi connectivity index (χ1) is 10.0. The number of hydrogen-bond donors (Lipinski definition) is 2. The van der Waals surface area contributed by atoms with Crippen molar-refractivity contribution in [3.8, 4) is 0 Å². The smallest absolute Gasteiger partial charge is 0.230 e.